The molecule has 19 heavy (non-hydrogen) atoms. The molecule has 0 unspecified atom stereocenters. The summed E-state index contributed by atoms with van der Waals surface area (Å²) in [6.45, 7) is 0.113. The van der Waals surface area contributed by atoms with Gasteiger partial charge in [-0.15, -0.1) is 11.3 Å². The van der Waals surface area contributed by atoms with Gasteiger partial charge in [-0.25, -0.2) is 8.42 Å². The lowest BCUT2D eigenvalue weighted by Gasteiger charge is -2.15. The maximum atomic E-state index is 12.2. The predicted molar refractivity (Wildman–Crippen MR) is 78.7 cm³/mol. The summed E-state index contributed by atoms with van der Waals surface area (Å²) in [7, 11) is -0.665. The molecule has 9 heteroatoms. The number of amides is 1. The molecule has 1 heterocycles. The Morgan fingerprint density at radius 2 is 2.16 bits per heavy atom. The molecule has 1 aromatic rings. The molecule has 106 valence electrons. The van der Waals surface area contributed by atoms with Crippen molar-refractivity contribution in [3.05, 3.63) is 17.0 Å². The van der Waals surface area contributed by atoms with Crippen molar-refractivity contribution in [1.29, 1.82) is 0 Å². The number of carbonyl (C=O) groups excluding carboxylic acids is 1. The summed E-state index contributed by atoms with van der Waals surface area (Å²) in [5.41, 5.74) is 5.44. The van der Waals surface area contributed by atoms with Gasteiger partial charge in [0.1, 0.15) is 9.20 Å². The Hall–Kier alpha value is -1.03. The molecular weight excluding hydrogens is 306 g/mol. The smallest absolute Gasteiger partial charge is 0.252 e. The van der Waals surface area contributed by atoms with Crippen LogP contribution in [0.4, 0.5) is 0 Å². The second-order valence-electron chi connectivity index (χ2n) is 3.73. The van der Waals surface area contributed by atoms with Gasteiger partial charge in [0.05, 0.1) is 4.88 Å². The van der Waals surface area contributed by atoms with Gasteiger partial charge >= 0.3 is 0 Å². The maximum Gasteiger partial charge on any atom is 0.252 e. The second kappa shape index (κ2) is 6.42. The molecule has 3 N–H and O–H groups in total. The molecular formula is C10H15N3O3S3. The van der Waals surface area contributed by atoms with Crippen molar-refractivity contribution >= 4 is 44.5 Å². The molecule has 0 saturated carbocycles. The minimum Gasteiger partial charge on any atom is -0.389 e. The summed E-state index contributed by atoms with van der Waals surface area (Å²) in [6.07, 6.45) is 0.111. The standard InChI is InChI=1S/C10H15N3O3S3/c1-12-8(14)5-6-13(2)19(15,16)9-4-3-7(18-9)10(11)17/h3-4H,5-6H2,1-2H3,(H2,11,17)(H,12,14). The average molecular weight is 321 g/mol. The van der Waals surface area contributed by atoms with Gasteiger partial charge in [0.2, 0.25) is 5.91 Å². The number of rotatable bonds is 6. The van der Waals surface area contributed by atoms with Gasteiger partial charge in [0.25, 0.3) is 10.0 Å². The van der Waals surface area contributed by atoms with E-state index in [0.717, 1.165) is 15.6 Å². The van der Waals surface area contributed by atoms with E-state index in [9.17, 15) is 13.2 Å². The molecule has 0 radical (unpaired) electrons. The molecule has 0 atom stereocenters. The highest BCUT2D eigenvalue weighted by atomic mass is 32.2. The highest BCUT2D eigenvalue weighted by molar-refractivity contribution is 7.91. The predicted octanol–water partition coefficient (Wildman–Crippen LogP) is 0.139. The summed E-state index contributed by atoms with van der Waals surface area (Å²) in [4.78, 5) is 11.8. The summed E-state index contributed by atoms with van der Waals surface area (Å²) < 4.78 is 25.7. The molecule has 1 rings (SSSR count). The van der Waals surface area contributed by atoms with Gasteiger partial charge in [-0.2, -0.15) is 4.31 Å². The van der Waals surface area contributed by atoms with E-state index in [4.69, 9.17) is 18.0 Å². The molecule has 1 aromatic heterocycles. The van der Waals surface area contributed by atoms with Gasteiger partial charge in [-0.1, -0.05) is 12.2 Å². The van der Waals surface area contributed by atoms with Crippen LogP contribution in [0.15, 0.2) is 16.3 Å². The highest BCUT2D eigenvalue weighted by Crippen LogP contribution is 2.24. The molecule has 0 spiro atoms. The fraction of sp³-hybridized carbons (Fsp3) is 0.400. The summed E-state index contributed by atoms with van der Waals surface area (Å²) in [5, 5.41) is 2.44. The molecule has 0 bridgehead atoms. The van der Waals surface area contributed by atoms with Crippen LogP contribution >= 0.6 is 23.6 Å². The van der Waals surface area contributed by atoms with Crippen LogP contribution in [-0.2, 0) is 14.8 Å². The van der Waals surface area contributed by atoms with Crippen molar-refractivity contribution in [3.63, 3.8) is 0 Å². The van der Waals surface area contributed by atoms with Crippen LogP contribution in [0, 0.1) is 0 Å². The Labute approximate surface area is 121 Å². The monoisotopic (exact) mass is 321 g/mol. The van der Waals surface area contributed by atoms with Crippen molar-refractivity contribution in [2.45, 2.75) is 10.6 Å². The molecule has 0 saturated heterocycles. The van der Waals surface area contributed by atoms with E-state index in [1.165, 1.54) is 20.2 Å². The number of thiocarbonyl (C=S) groups is 1. The Morgan fingerprint density at radius 1 is 1.53 bits per heavy atom. The van der Waals surface area contributed by atoms with Crippen LogP contribution in [0.25, 0.3) is 0 Å². The number of sulfonamides is 1. The van der Waals surface area contributed by atoms with Crippen LogP contribution in [0.3, 0.4) is 0 Å². The van der Waals surface area contributed by atoms with E-state index in [2.05, 4.69) is 5.32 Å². The topological polar surface area (TPSA) is 92.5 Å². The number of carbonyl (C=O) groups is 1. The lowest BCUT2D eigenvalue weighted by Crippen LogP contribution is -2.31. The fourth-order valence-corrected chi connectivity index (χ4v) is 3.98. The molecule has 0 fully saturated rings. The van der Waals surface area contributed by atoms with Gasteiger partial charge in [-0.3, -0.25) is 4.79 Å². The van der Waals surface area contributed by atoms with Gasteiger partial charge in [-0.05, 0) is 12.1 Å². The van der Waals surface area contributed by atoms with Crippen molar-refractivity contribution in [1.82, 2.24) is 9.62 Å². The van der Waals surface area contributed by atoms with Crippen molar-refractivity contribution in [2.75, 3.05) is 20.6 Å². The quantitative estimate of drug-likeness (QED) is 0.727. The Balaban J connectivity index is 2.84. The van der Waals surface area contributed by atoms with Gasteiger partial charge < -0.3 is 11.1 Å². The first-order valence-corrected chi connectivity index (χ1v) is 8.02. The van der Waals surface area contributed by atoms with Crippen LogP contribution < -0.4 is 11.1 Å². The lowest BCUT2D eigenvalue weighted by atomic mass is 10.4. The number of hydrogen-bond donors (Lipinski definition) is 2. The zero-order valence-electron chi connectivity index (χ0n) is 10.5. The van der Waals surface area contributed by atoms with E-state index >= 15 is 0 Å². The SMILES string of the molecule is CNC(=O)CCN(C)S(=O)(=O)c1ccc(C(N)=S)s1. The number of nitrogens with zero attached hydrogens (tertiary/aromatic N) is 1. The first-order chi connectivity index (χ1) is 8.78. The van der Waals surface area contributed by atoms with E-state index in [0.29, 0.717) is 4.88 Å². The summed E-state index contributed by atoms with van der Waals surface area (Å²) in [5.74, 6) is -0.211. The first kappa shape index (κ1) is 16.0. The first-order valence-electron chi connectivity index (χ1n) is 5.35. The Kier molecular flexibility index (Phi) is 5.41. The van der Waals surface area contributed by atoms with E-state index in [1.54, 1.807) is 6.07 Å². The normalized spacial score (nSPS) is 11.5. The van der Waals surface area contributed by atoms with E-state index in [1.807, 2.05) is 0 Å². The molecule has 0 aliphatic carbocycles. The van der Waals surface area contributed by atoms with E-state index in [-0.39, 0.29) is 28.1 Å². The van der Waals surface area contributed by atoms with Crippen molar-refractivity contribution in [2.24, 2.45) is 5.73 Å². The zero-order valence-corrected chi connectivity index (χ0v) is 13.0. The minimum absolute atomic E-state index is 0.111. The summed E-state index contributed by atoms with van der Waals surface area (Å²) in [6, 6.07) is 3.04. The molecule has 1 amide bonds. The zero-order chi connectivity index (χ0) is 14.6. The number of nitrogens with one attached hydrogen (secondary N) is 1. The third-order valence-corrected chi connectivity index (χ3v) is 6.21. The third-order valence-electron chi connectivity index (χ3n) is 2.42. The molecule has 0 aliphatic heterocycles. The maximum absolute atomic E-state index is 12.2. The Morgan fingerprint density at radius 3 is 2.63 bits per heavy atom. The number of thiophene rings is 1. The molecule has 0 aromatic carbocycles. The average Bonchev–Trinajstić information content (AvgIpc) is 2.85. The molecule has 0 aliphatic rings. The van der Waals surface area contributed by atoms with Crippen molar-refractivity contribution in [3.8, 4) is 0 Å². The van der Waals surface area contributed by atoms with E-state index < -0.39 is 10.0 Å². The fourth-order valence-electron chi connectivity index (χ4n) is 1.25. The van der Waals surface area contributed by atoms with Crippen LogP contribution in [0.1, 0.15) is 11.3 Å². The molecule has 6 nitrogen and oxygen atoms in total. The second-order valence-corrected chi connectivity index (χ2v) is 7.53. The largest absolute Gasteiger partial charge is 0.389 e. The number of nitrogens with two attached hydrogens (primary N) is 1. The van der Waals surface area contributed by atoms with Crippen LogP contribution in [0.5, 0.6) is 0 Å². The Bertz CT molecular complexity index is 580. The van der Waals surface area contributed by atoms with Crippen LogP contribution in [-0.4, -0.2) is 44.3 Å². The van der Waals surface area contributed by atoms with Gasteiger partial charge in [0, 0.05) is 27.1 Å². The van der Waals surface area contributed by atoms with Crippen LogP contribution in [0.2, 0.25) is 0 Å². The highest BCUT2D eigenvalue weighted by Gasteiger charge is 2.23. The lowest BCUT2D eigenvalue weighted by molar-refractivity contribution is -0.120. The van der Waals surface area contributed by atoms with Gasteiger partial charge in [0.15, 0.2) is 0 Å². The van der Waals surface area contributed by atoms with Crippen molar-refractivity contribution < 1.29 is 13.2 Å². The number of hydrogen-bond acceptors (Lipinski definition) is 5. The summed E-state index contributed by atoms with van der Waals surface area (Å²) >= 11 is 5.81. The minimum atomic E-state index is -3.60. The third kappa shape index (κ3) is 3.96.